The molecule has 2 N–H and O–H groups in total. The standard InChI is InChI=1S/C13H17Cl2FN2O/c1-3-9(4-2)18-12(19)7-17-13-10(14)5-8(16)6-11(13)15/h5-6,9,17H,3-4,7H2,1-2H3,(H,18,19). The van der Waals surface area contributed by atoms with E-state index in [0.717, 1.165) is 25.0 Å². The van der Waals surface area contributed by atoms with Crippen molar-refractivity contribution in [1.82, 2.24) is 5.32 Å². The normalized spacial score (nSPS) is 10.6. The first-order chi connectivity index (χ1) is 8.97. The van der Waals surface area contributed by atoms with Crippen molar-refractivity contribution in [1.29, 1.82) is 0 Å². The van der Waals surface area contributed by atoms with Crippen molar-refractivity contribution >= 4 is 34.8 Å². The number of benzene rings is 1. The van der Waals surface area contributed by atoms with E-state index >= 15 is 0 Å². The number of rotatable bonds is 6. The molecule has 3 nitrogen and oxygen atoms in total. The molecule has 0 heterocycles. The van der Waals surface area contributed by atoms with Crippen LogP contribution in [0.3, 0.4) is 0 Å². The molecule has 1 amide bonds. The Morgan fingerprint density at radius 3 is 2.26 bits per heavy atom. The quantitative estimate of drug-likeness (QED) is 0.838. The molecule has 0 aromatic heterocycles. The van der Waals surface area contributed by atoms with E-state index in [-0.39, 0.29) is 28.5 Å². The van der Waals surface area contributed by atoms with Crippen molar-refractivity contribution in [2.24, 2.45) is 0 Å². The highest BCUT2D eigenvalue weighted by atomic mass is 35.5. The van der Waals surface area contributed by atoms with E-state index in [1.807, 2.05) is 13.8 Å². The van der Waals surface area contributed by atoms with Crippen LogP contribution in [-0.4, -0.2) is 18.5 Å². The van der Waals surface area contributed by atoms with Crippen LogP contribution in [0.25, 0.3) is 0 Å². The van der Waals surface area contributed by atoms with E-state index in [1.54, 1.807) is 0 Å². The topological polar surface area (TPSA) is 41.1 Å². The van der Waals surface area contributed by atoms with Gasteiger partial charge in [-0.25, -0.2) is 4.39 Å². The lowest BCUT2D eigenvalue weighted by Crippen LogP contribution is -2.37. The molecule has 0 aliphatic carbocycles. The summed E-state index contributed by atoms with van der Waals surface area (Å²) in [6, 6.07) is 2.46. The number of hydrogen-bond donors (Lipinski definition) is 2. The van der Waals surface area contributed by atoms with Gasteiger partial charge in [-0.3, -0.25) is 4.79 Å². The average molecular weight is 307 g/mol. The van der Waals surface area contributed by atoms with Gasteiger partial charge in [0.1, 0.15) is 5.82 Å². The molecule has 0 aliphatic rings. The van der Waals surface area contributed by atoms with Crippen LogP contribution in [0.4, 0.5) is 10.1 Å². The molecule has 0 spiro atoms. The zero-order chi connectivity index (χ0) is 14.4. The second-order valence-corrected chi connectivity index (χ2v) is 4.99. The van der Waals surface area contributed by atoms with Crippen molar-refractivity contribution in [3.63, 3.8) is 0 Å². The van der Waals surface area contributed by atoms with Crippen LogP contribution < -0.4 is 10.6 Å². The van der Waals surface area contributed by atoms with Crippen molar-refractivity contribution in [3.05, 3.63) is 28.0 Å². The Morgan fingerprint density at radius 2 is 1.79 bits per heavy atom. The fourth-order valence-electron chi connectivity index (χ4n) is 1.65. The first kappa shape index (κ1) is 16.1. The molecule has 1 aromatic rings. The molecule has 0 unspecified atom stereocenters. The van der Waals surface area contributed by atoms with Gasteiger partial charge in [0, 0.05) is 6.04 Å². The van der Waals surface area contributed by atoms with E-state index in [4.69, 9.17) is 23.2 Å². The molecule has 0 atom stereocenters. The van der Waals surface area contributed by atoms with Gasteiger partial charge in [-0.05, 0) is 25.0 Å². The predicted octanol–water partition coefficient (Wildman–Crippen LogP) is 3.85. The lowest BCUT2D eigenvalue weighted by atomic mass is 10.2. The molecule has 0 aliphatic heterocycles. The Hall–Kier alpha value is -1.00. The van der Waals surface area contributed by atoms with E-state index in [2.05, 4.69) is 10.6 Å². The van der Waals surface area contributed by atoms with Gasteiger partial charge < -0.3 is 10.6 Å². The molecule has 1 rings (SSSR count). The van der Waals surface area contributed by atoms with Crippen LogP contribution in [0.2, 0.25) is 10.0 Å². The summed E-state index contributed by atoms with van der Waals surface area (Å²) >= 11 is 11.7. The summed E-state index contributed by atoms with van der Waals surface area (Å²) in [4.78, 5) is 11.7. The minimum atomic E-state index is -0.512. The number of hydrogen-bond acceptors (Lipinski definition) is 2. The highest BCUT2D eigenvalue weighted by Crippen LogP contribution is 2.31. The Labute approximate surface area is 122 Å². The molecular weight excluding hydrogens is 290 g/mol. The molecule has 19 heavy (non-hydrogen) atoms. The monoisotopic (exact) mass is 306 g/mol. The van der Waals surface area contributed by atoms with Gasteiger partial charge in [0.2, 0.25) is 5.91 Å². The highest BCUT2D eigenvalue weighted by Gasteiger charge is 2.11. The minimum absolute atomic E-state index is 0.0432. The number of carbonyl (C=O) groups is 1. The Kier molecular flexibility index (Phi) is 6.38. The van der Waals surface area contributed by atoms with Gasteiger partial charge in [-0.1, -0.05) is 37.0 Å². The van der Waals surface area contributed by atoms with Gasteiger partial charge in [0.25, 0.3) is 0 Å². The molecule has 106 valence electrons. The third-order valence-electron chi connectivity index (χ3n) is 2.78. The second-order valence-electron chi connectivity index (χ2n) is 4.18. The summed E-state index contributed by atoms with van der Waals surface area (Å²) in [7, 11) is 0. The molecule has 0 radical (unpaired) electrons. The molecule has 0 bridgehead atoms. The van der Waals surface area contributed by atoms with E-state index in [0.29, 0.717) is 5.69 Å². The smallest absolute Gasteiger partial charge is 0.239 e. The van der Waals surface area contributed by atoms with Gasteiger partial charge in [-0.2, -0.15) is 0 Å². The maximum absolute atomic E-state index is 13.0. The van der Waals surface area contributed by atoms with Gasteiger partial charge in [-0.15, -0.1) is 0 Å². The second kappa shape index (κ2) is 7.56. The molecule has 0 saturated carbocycles. The molecule has 1 aromatic carbocycles. The third kappa shape index (κ3) is 4.88. The lowest BCUT2D eigenvalue weighted by Gasteiger charge is -2.16. The SMILES string of the molecule is CCC(CC)NC(=O)CNc1c(Cl)cc(F)cc1Cl. The number of anilines is 1. The van der Waals surface area contributed by atoms with Crippen molar-refractivity contribution in [3.8, 4) is 0 Å². The van der Waals surface area contributed by atoms with Crippen LogP contribution >= 0.6 is 23.2 Å². The van der Waals surface area contributed by atoms with Crippen LogP contribution in [0.15, 0.2) is 12.1 Å². The summed E-state index contributed by atoms with van der Waals surface area (Å²) in [5, 5.41) is 6.00. The molecule has 0 fully saturated rings. The average Bonchev–Trinajstić information content (AvgIpc) is 2.34. The highest BCUT2D eigenvalue weighted by molar-refractivity contribution is 6.39. The van der Waals surface area contributed by atoms with Gasteiger partial charge >= 0.3 is 0 Å². The summed E-state index contributed by atoms with van der Waals surface area (Å²) in [6.45, 7) is 4.06. The van der Waals surface area contributed by atoms with Crippen molar-refractivity contribution in [2.45, 2.75) is 32.7 Å². The fraction of sp³-hybridized carbons (Fsp3) is 0.462. The first-order valence-electron chi connectivity index (χ1n) is 6.15. The maximum Gasteiger partial charge on any atom is 0.239 e. The molecular formula is C13H17Cl2FN2O. The van der Waals surface area contributed by atoms with Crippen molar-refractivity contribution < 1.29 is 9.18 Å². The summed E-state index contributed by atoms with van der Waals surface area (Å²) in [5.74, 6) is -0.660. The number of carbonyl (C=O) groups excluding carboxylic acids is 1. The third-order valence-corrected chi connectivity index (χ3v) is 3.38. The van der Waals surface area contributed by atoms with Crippen LogP contribution in [0.1, 0.15) is 26.7 Å². The number of nitrogens with one attached hydrogen (secondary N) is 2. The number of halogens is 3. The summed E-state index contributed by atoms with van der Waals surface area (Å²) < 4.78 is 13.0. The van der Waals surface area contributed by atoms with E-state index in [1.165, 1.54) is 0 Å². The lowest BCUT2D eigenvalue weighted by molar-refractivity contribution is -0.120. The minimum Gasteiger partial charge on any atom is -0.374 e. The maximum atomic E-state index is 13.0. The Morgan fingerprint density at radius 1 is 1.26 bits per heavy atom. The Bertz CT molecular complexity index is 427. The Balaban J connectivity index is 2.60. The van der Waals surface area contributed by atoms with E-state index in [9.17, 15) is 9.18 Å². The van der Waals surface area contributed by atoms with Crippen molar-refractivity contribution in [2.75, 3.05) is 11.9 Å². The van der Waals surface area contributed by atoms with E-state index < -0.39 is 5.82 Å². The number of amides is 1. The van der Waals surface area contributed by atoms with Gasteiger partial charge in [0.15, 0.2) is 0 Å². The zero-order valence-electron chi connectivity index (χ0n) is 10.9. The first-order valence-corrected chi connectivity index (χ1v) is 6.91. The summed E-state index contributed by atoms with van der Waals surface area (Å²) in [5.41, 5.74) is 0.365. The fourth-order valence-corrected chi connectivity index (χ4v) is 2.25. The summed E-state index contributed by atoms with van der Waals surface area (Å²) in [6.07, 6.45) is 1.75. The van der Waals surface area contributed by atoms with Crippen LogP contribution in [-0.2, 0) is 4.79 Å². The van der Waals surface area contributed by atoms with Crippen LogP contribution in [0.5, 0.6) is 0 Å². The molecule has 6 heteroatoms. The zero-order valence-corrected chi connectivity index (χ0v) is 12.4. The van der Waals surface area contributed by atoms with Crippen LogP contribution in [0, 0.1) is 5.82 Å². The largest absolute Gasteiger partial charge is 0.374 e. The van der Waals surface area contributed by atoms with Gasteiger partial charge in [0.05, 0.1) is 22.3 Å². The molecule has 0 saturated heterocycles. The predicted molar refractivity (Wildman–Crippen MR) is 77.4 cm³/mol.